The molecule has 7 nitrogen and oxygen atoms in total. The molecule has 0 radical (unpaired) electrons. The maximum absolute atomic E-state index is 13.0. The van der Waals surface area contributed by atoms with Gasteiger partial charge in [-0.25, -0.2) is 4.68 Å². The smallest absolute Gasteiger partial charge is 0.226 e. The third-order valence-electron chi connectivity index (χ3n) is 4.81. The van der Waals surface area contributed by atoms with Gasteiger partial charge in [-0.2, -0.15) is 10.1 Å². The Morgan fingerprint density at radius 2 is 2.20 bits per heavy atom. The van der Waals surface area contributed by atoms with Gasteiger partial charge in [0.1, 0.15) is 18.1 Å². The Morgan fingerprint density at radius 1 is 1.24 bits per heavy atom. The zero-order valence-corrected chi connectivity index (χ0v) is 13.3. The summed E-state index contributed by atoms with van der Waals surface area (Å²) < 4.78 is 7.27. The highest BCUT2D eigenvalue weighted by Crippen LogP contribution is 2.43. The van der Waals surface area contributed by atoms with Gasteiger partial charge in [-0.05, 0) is 30.2 Å². The fraction of sp³-hybridized carbons (Fsp3) is 0.222. The van der Waals surface area contributed by atoms with Crippen LogP contribution in [0.3, 0.4) is 0 Å². The number of ketones is 1. The minimum atomic E-state index is -0.299. The number of anilines is 1. The van der Waals surface area contributed by atoms with Crippen molar-refractivity contribution in [3.8, 4) is 0 Å². The maximum atomic E-state index is 13.0. The first kappa shape index (κ1) is 14.2. The van der Waals surface area contributed by atoms with Crippen molar-refractivity contribution in [1.82, 2.24) is 19.7 Å². The highest BCUT2D eigenvalue weighted by atomic mass is 16.3. The molecule has 4 heterocycles. The Kier molecular flexibility index (Phi) is 3.06. The van der Waals surface area contributed by atoms with Crippen LogP contribution >= 0.6 is 0 Å². The van der Waals surface area contributed by atoms with Gasteiger partial charge in [-0.15, -0.1) is 0 Å². The van der Waals surface area contributed by atoms with E-state index in [4.69, 9.17) is 4.42 Å². The lowest BCUT2D eigenvalue weighted by Gasteiger charge is -2.34. The first-order valence-corrected chi connectivity index (χ1v) is 8.17. The van der Waals surface area contributed by atoms with Crippen LogP contribution in [0.5, 0.6) is 0 Å². The highest BCUT2D eigenvalue weighted by molar-refractivity contribution is 6.00. The second-order valence-corrected chi connectivity index (χ2v) is 6.28. The molecule has 0 unspecified atom stereocenters. The summed E-state index contributed by atoms with van der Waals surface area (Å²) >= 11 is 0. The molecule has 1 aliphatic heterocycles. The molecule has 0 amide bonds. The molecular formula is C18H15N5O2. The average Bonchev–Trinajstić information content (AvgIpc) is 3.32. The molecule has 1 aliphatic carbocycles. The summed E-state index contributed by atoms with van der Waals surface area (Å²) in [6.07, 6.45) is 7.77. The van der Waals surface area contributed by atoms with Gasteiger partial charge in [0, 0.05) is 36.0 Å². The molecule has 3 aromatic rings. The van der Waals surface area contributed by atoms with Gasteiger partial charge >= 0.3 is 0 Å². The maximum Gasteiger partial charge on any atom is 0.226 e. The SMILES string of the molecule is O=C1C[C@H](c2ccco2)CC2=C1[C@@H](c1cccnc1)n1ncnc1N2. The Balaban J connectivity index is 1.63. The lowest BCUT2D eigenvalue weighted by molar-refractivity contribution is -0.117. The van der Waals surface area contributed by atoms with Gasteiger partial charge in [-0.3, -0.25) is 9.78 Å². The van der Waals surface area contributed by atoms with Crippen molar-refractivity contribution in [3.05, 3.63) is 71.8 Å². The molecule has 0 bridgehead atoms. The van der Waals surface area contributed by atoms with Crippen LogP contribution in [0.4, 0.5) is 5.95 Å². The molecule has 124 valence electrons. The third-order valence-corrected chi connectivity index (χ3v) is 4.81. The molecule has 25 heavy (non-hydrogen) atoms. The number of hydrogen-bond donors (Lipinski definition) is 1. The van der Waals surface area contributed by atoms with Crippen LogP contribution in [-0.4, -0.2) is 25.5 Å². The van der Waals surface area contributed by atoms with Gasteiger partial charge in [0.05, 0.1) is 6.26 Å². The summed E-state index contributed by atoms with van der Waals surface area (Å²) in [5.41, 5.74) is 2.56. The van der Waals surface area contributed by atoms with Gasteiger partial charge < -0.3 is 9.73 Å². The molecule has 0 saturated carbocycles. The lowest BCUT2D eigenvalue weighted by atomic mass is 9.80. The molecule has 2 aliphatic rings. The van der Waals surface area contributed by atoms with Crippen LogP contribution in [-0.2, 0) is 4.79 Å². The van der Waals surface area contributed by atoms with Crippen molar-refractivity contribution < 1.29 is 9.21 Å². The molecule has 0 saturated heterocycles. The summed E-state index contributed by atoms with van der Waals surface area (Å²) in [5, 5.41) is 7.61. The number of nitrogens with one attached hydrogen (secondary N) is 1. The third kappa shape index (κ3) is 2.20. The van der Waals surface area contributed by atoms with E-state index < -0.39 is 0 Å². The first-order valence-electron chi connectivity index (χ1n) is 8.17. The summed E-state index contributed by atoms with van der Waals surface area (Å²) in [4.78, 5) is 21.5. The van der Waals surface area contributed by atoms with Crippen molar-refractivity contribution in [1.29, 1.82) is 0 Å². The molecule has 7 heteroatoms. The number of fused-ring (bicyclic) bond motifs is 1. The Bertz CT molecular complexity index is 959. The van der Waals surface area contributed by atoms with E-state index in [1.807, 2.05) is 24.3 Å². The van der Waals surface area contributed by atoms with Crippen molar-refractivity contribution in [2.75, 3.05) is 5.32 Å². The lowest BCUT2D eigenvalue weighted by Crippen LogP contribution is -2.33. The number of nitrogens with zero attached hydrogens (tertiary/aromatic N) is 4. The largest absolute Gasteiger partial charge is 0.469 e. The second kappa shape index (κ2) is 5.41. The van der Waals surface area contributed by atoms with Crippen molar-refractivity contribution >= 4 is 11.7 Å². The van der Waals surface area contributed by atoms with Crippen LogP contribution < -0.4 is 5.32 Å². The molecule has 0 aromatic carbocycles. The highest BCUT2D eigenvalue weighted by Gasteiger charge is 2.39. The Hall–Kier alpha value is -3.22. The molecule has 0 spiro atoms. The summed E-state index contributed by atoms with van der Waals surface area (Å²) in [7, 11) is 0. The number of carbonyl (C=O) groups excluding carboxylic acids is 1. The van der Waals surface area contributed by atoms with Crippen LogP contribution in [0, 0.1) is 0 Å². The van der Waals surface area contributed by atoms with E-state index >= 15 is 0 Å². The Labute approximate surface area is 143 Å². The normalized spacial score (nSPS) is 22.3. The molecule has 0 fully saturated rings. The van der Waals surface area contributed by atoms with Gasteiger partial charge in [0.15, 0.2) is 5.78 Å². The van der Waals surface area contributed by atoms with E-state index in [0.29, 0.717) is 18.8 Å². The fourth-order valence-corrected chi connectivity index (χ4v) is 3.72. The quantitative estimate of drug-likeness (QED) is 0.776. The summed E-state index contributed by atoms with van der Waals surface area (Å²) in [6.45, 7) is 0. The van der Waals surface area contributed by atoms with Gasteiger partial charge in [-0.1, -0.05) is 6.07 Å². The number of carbonyl (C=O) groups is 1. The second-order valence-electron chi connectivity index (χ2n) is 6.28. The van der Waals surface area contributed by atoms with E-state index in [9.17, 15) is 4.79 Å². The predicted octanol–water partition coefficient (Wildman–Crippen LogP) is 2.68. The molecule has 3 aromatic heterocycles. The van der Waals surface area contributed by atoms with E-state index in [1.54, 1.807) is 23.3 Å². The van der Waals surface area contributed by atoms with Crippen LogP contribution in [0.15, 0.2) is 64.9 Å². The van der Waals surface area contributed by atoms with Crippen molar-refractivity contribution in [2.45, 2.75) is 24.8 Å². The number of rotatable bonds is 2. The summed E-state index contributed by atoms with van der Waals surface area (Å²) in [5.74, 6) is 1.62. The predicted molar refractivity (Wildman–Crippen MR) is 88.7 cm³/mol. The van der Waals surface area contributed by atoms with Crippen LogP contribution in [0.25, 0.3) is 0 Å². The topological polar surface area (TPSA) is 85.8 Å². The number of allylic oxidation sites excluding steroid dienone is 2. The average molecular weight is 333 g/mol. The number of pyridine rings is 1. The Morgan fingerprint density at radius 3 is 3.00 bits per heavy atom. The van der Waals surface area contributed by atoms with Crippen molar-refractivity contribution in [2.24, 2.45) is 0 Å². The zero-order valence-electron chi connectivity index (χ0n) is 13.3. The van der Waals surface area contributed by atoms with Gasteiger partial charge in [0.25, 0.3) is 0 Å². The van der Waals surface area contributed by atoms with E-state index in [1.165, 1.54) is 6.33 Å². The molecule has 1 N–H and O–H groups in total. The minimum Gasteiger partial charge on any atom is -0.469 e. The minimum absolute atomic E-state index is 0.0396. The van der Waals surface area contributed by atoms with Crippen LogP contribution in [0.2, 0.25) is 0 Å². The van der Waals surface area contributed by atoms with Crippen LogP contribution in [0.1, 0.15) is 36.1 Å². The first-order chi connectivity index (χ1) is 12.3. The monoisotopic (exact) mass is 333 g/mol. The summed E-state index contributed by atoms with van der Waals surface area (Å²) in [6, 6.07) is 7.31. The molecule has 2 atom stereocenters. The number of hydrogen-bond acceptors (Lipinski definition) is 6. The fourth-order valence-electron chi connectivity index (χ4n) is 3.72. The molecule has 5 rings (SSSR count). The van der Waals surface area contributed by atoms with E-state index in [2.05, 4.69) is 20.4 Å². The van der Waals surface area contributed by atoms with Crippen molar-refractivity contribution in [3.63, 3.8) is 0 Å². The van der Waals surface area contributed by atoms with E-state index in [-0.39, 0.29) is 17.7 Å². The zero-order chi connectivity index (χ0) is 16.8. The van der Waals surface area contributed by atoms with E-state index in [0.717, 1.165) is 22.6 Å². The standard InChI is InChI=1S/C18H15N5O2/c24-14-8-12(15-4-2-6-25-15)7-13-16(14)17(11-3-1-5-19-9-11)23-18(22-13)20-10-21-23/h1-6,9-10,12,17H,7-8H2,(H,20,21,22)/t12-,17-/m1/s1. The van der Waals surface area contributed by atoms with Gasteiger partial charge in [0.2, 0.25) is 5.95 Å². The number of Topliss-reactive ketones (excluding diaryl/α,β-unsaturated/α-hetero) is 1. The molecular weight excluding hydrogens is 318 g/mol. The number of aromatic nitrogens is 4. The number of furan rings is 1.